The van der Waals surface area contributed by atoms with Crippen LogP contribution in [-0.2, 0) is 26.2 Å². The van der Waals surface area contributed by atoms with Crippen molar-refractivity contribution in [3.63, 3.8) is 0 Å². The number of hydrogen-bond acceptors (Lipinski definition) is 6. The van der Waals surface area contributed by atoms with E-state index in [0.29, 0.717) is 21.7 Å². The van der Waals surface area contributed by atoms with Crippen molar-refractivity contribution >= 4 is 43.5 Å². The molecular weight excluding hydrogens is 610 g/mol. The van der Waals surface area contributed by atoms with Crippen LogP contribution in [0.15, 0.2) is 76.1 Å². The minimum absolute atomic E-state index is 0.0224. The Balaban J connectivity index is 2.04. The second-order valence-electron chi connectivity index (χ2n) is 9.85. The lowest BCUT2D eigenvalue weighted by Gasteiger charge is -2.32. The van der Waals surface area contributed by atoms with Crippen molar-refractivity contribution in [3.05, 3.63) is 82.3 Å². The first-order valence-electron chi connectivity index (χ1n) is 13.0. The van der Waals surface area contributed by atoms with Gasteiger partial charge in [-0.05, 0) is 91.7 Å². The van der Waals surface area contributed by atoms with Crippen molar-refractivity contribution in [2.45, 2.75) is 51.2 Å². The minimum atomic E-state index is -4.21. The van der Waals surface area contributed by atoms with E-state index in [-0.39, 0.29) is 23.4 Å². The van der Waals surface area contributed by atoms with E-state index in [0.717, 1.165) is 15.4 Å². The van der Waals surface area contributed by atoms with E-state index in [4.69, 9.17) is 9.47 Å². The van der Waals surface area contributed by atoms with Gasteiger partial charge in [-0.15, -0.1) is 0 Å². The Morgan fingerprint density at radius 3 is 2.10 bits per heavy atom. The van der Waals surface area contributed by atoms with Crippen LogP contribution in [0.4, 0.5) is 5.69 Å². The Morgan fingerprint density at radius 1 is 0.927 bits per heavy atom. The van der Waals surface area contributed by atoms with E-state index >= 15 is 0 Å². The van der Waals surface area contributed by atoms with E-state index in [2.05, 4.69) is 21.2 Å². The molecule has 2 amide bonds. The van der Waals surface area contributed by atoms with Gasteiger partial charge in [0.1, 0.15) is 24.1 Å². The number of sulfonamides is 1. The molecule has 0 aliphatic carbocycles. The zero-order valence-corrected chi connectivity index (χ0v) is 26.5. The zero-order chi connectivity index (χ0) is 30.3. The lowest BCUT2D eigenvalue weighted by molar-refractivity contribution is -0.139. The second kappa shape index (κ2) is 13.9. The lowest BCUT2D eigenvalue weighted by Crippen LogP contribution is -2.52. The smallest absolute Gasteiger partial charge is 0.264 e. The molecule has 0 aromatic heterocycles. The van der Waals surface area contributed by atoms with E-state index in [9.17, 15) is 18.0 Å². The van der Waals surface area contributed by atoms with Crippen LogP contribution in [-0.4, -0.2) is 58.0 Å². The Kier molecular flexibility index (Phi) is 10.8. The summed E-state index contributed by atoms with van der Waals surface area (Å²) in [4.78, 5) is 28.4. The number of carbonyl (C=O) groups is 2. The minimum Gasteiger partial charge on any atom is -0.497 e. The first-order chi connectivity index (χ1) is 19.4. The van der Waals surface area contributed by atoms with Crippen molar-refractivity contribution < 1.29 is 27.5 Å². The number of anilines is 1. The van der Waals surface area contributed by atoms with Gasteiger partial charge in [-0.2, -0.15) is 0 Å². The Labute approximate surface area is 250 Å². The molecule has 11 heteroatoms. The molecule has 0 heterocycles. The maximum Gasteiger partial charge on any atom is 0.264 e. The predicted molar refractivity (Wildman–Crippen MR) is 163 cm³/mol. The number of nitrogens with one attached hydrogen (secondary N) is 1. The molecule has 0 unspecified atom stereocenters. The SMILES string of the molecule is COc1ccc(CN(C(=O)CN(c2ccc(C)cc2)S(=O)(=O)c2ccc(OC)c(Br)c2)[C@@H](C)C(=O)NC(C)C)cc1. The highest BCUT2D eigenvalue weighted by molar-refractivity contribution is 9.10. The molecule has 0 aliphatic rings. The average molecular weight is 647 g/mol. The molecule has 41 heavy (non-hydrogen) atoms. The maximum atomic E-state index is 14.0. The van der Waals surface area contributed by atoms with Gasteiger partial charge in [0, 0.05) is 12.6 Å². The molecule has 0 aliphatic heterocycles. The summed E-state index contributed by atoms with van der Waals surface area (Å²) in [6, 6.07) is 17.4. The molecule has 0 bridgehead atoms. The number of hydrogen-bond donors (Lipinski definition) is 1. The normalized spacial score (nSPS) is 12.0. The molecule has 1 N–H and O–H groups in total. The van der Waals surface area contributed by atoms with Gasteiger partial charge in [0.05, 0.1) is 29.3 Å². The summed E-state index contributed by atoms with van der Waals surface area (Å²) in [5.41, 5.74) is 2.01. The number of ether oxygens (including phenoxy) is 2. The first-order valence-corrected chi connectivity index (χ1v) is 15.3. The van der Waals surface area contributed by atoms with Gasteiger partial charge in [-0.25, -0.2) is 8.42 Å². The zero-order valence-electron chi connectivity index (χ0n) is 24.0. The van der Waals surface area contributed by atoms with Crippen LogP contribution in [0.1, 0.15) is 31.9 Å². The van der Waals surface area contributed by atoms with Crippen LogP contribution in [0.5, 0.6) is 11.5 Å². The van der Waals surface area contributed by atoms with Crippen LogP contribution >= 0.6 is 15.9 Å². The van der Waals surface area contributed by atoms with Gasteiger partial charge in [-0.3, -0.25) is 13.9 Å². The fraction of sp³-hybridized carbons (Fsp3) is 0.333. The molecular formula is C30H36BrN3O6S. The molecule has 1 atom stereocenters. The fourth-order valence-corrected chi connectivity index (χ4v) is 6.22. The molecule has 220 valence electrons. The number of rotatable bonds is 12. The quantitative estimate of drug-likeness (QED) is 0.300. The van der Waals surface area contributed by atoms with Crippen LogP contribution < -0.4 is 19.1 Å². The Morgan fingerprint density at radius 2 is 1.56 bits per heavy atom. The van der Waals surface area contributed by atoms with Gasteiger partial charge in [-0.1, -0.05) is 29.8 Å². The number of nitrogens with zero attached hydrogens (tertiary/aromatic N) is 2. The number of halogens is 1. The van der Waals surface area contributed by atoms with E-state index < -0.39 is 28.5 Å². The van der Waals surface area contributed by atoms with Gasteiger partial charge >= 0.3 is 0 Å². The monoisotopic (exact) mass is 645 g/mol. The van der Waals surface area contributed by atoms with Crippen molar-refractivity contribution in [1.29, 1.82) is 0 Å². The molecule has 3 aromatic carbocycles. The third kappa shape index (κ3) is 8.01. The Hall–Kier alpha value is -3.57. The van der Waals surface area contributed by atoms with E-state index in [1.165, 1.54) is 24.1 Å². The van der Waals surface area contributed by atoms with Crippen LogP contribution in [0.25, 0.3) is 0 Å². The van der Waals surface area contributed by atoms with Crippen LogP contribution in [0, 0.1) is 6.92 Å². The van der Waals surface area contributed by atoms with Gasteiger partial charge < -0.3 is 19.7 Å². The molecule has 0 spiro atoms. The highest BCUT2D eigenvalue weighted by Gasteiger charge is 2.33. The number of carbonyl (C=O) groups excluding carboxylic acids is 2. The third-order valence-corrected chi connectivity index (χ3v) is 8.81. The van der Waals surface area contributed by atoms with Crippen molar-refractivity contribution in [3.8, 4) is 11.5 Å². The Bertz CT molecular complexity index is 1460. The topological polar surface area (TPSA) is 105 Å². The standard InChI is InChI=1S/C30H36BrN3O6S/c1-20(2)32-30(36)22(4)33(18-23-9-13-25(39-5)14-10-23)29(35)19-34(24-11-7-21(3)8-12-24)41(37,38)26-15-16-28(40-6)27(31)17-26/h7-17,20,22H,18-19H2,1-6H3,(H,32,36)/t22-/m0/s1. The van der Waals surface area contributed by atoms with E-state index in [1.807, 2.05) is 20.8 Å². The highest BCUT2D eigenvalue weighted by atomic mass is 79.9. The summed E-state index contributed by atoms with van der Waals surface area (Å²) < 4.78 is 40.0. The van der Waals surface area contributed by atoms with Gasteiger partial charge in [0.25, 0.3) is 10.0 Å². The summed E-state index contributed by atoms with van der Waals surface area (Å²) in [5, 5.41) is 2.84. The first kappa shape index (κ1) is 32.0. The molecule has 0 fully saturated rings. The summed E-state index contributed by atoms with van der Waals surface area (Å²) in [6.07, 6.45) is 0. The van der Waals surface area contributed by atoms with Crippen molar-refractivity contribution in [2.75, 3.05) is 25.1 Å². The largest absolute Gasteiger partial charge is 0.497 e. The molecule has 0 radical (unpaired) electrons. The summed E-state index contributed by atoms with van der Waals surface area (Å²) >= 11 is 3.35. The summed E-state index contributed by atoms with van der Waals surface area (Å²) in [5.74, 6) is 0.242. The van der Waals surface area contributed by atoms with Crippen LogP contribution in [0.3, 0.4) is 0 Å². The molecule has 3 rings (SSSR count). The second-order valence-corrected chi connectivity index (χ2v) is 12.6. The van der Waals surface area contributed by atoms with Crippen molar-refractivity contribution in [2.24, 2.45) is 0 Å². The number of amides is 2. The third-order valence-electron chi connectivity index (χ3n) is 6.42. The molecule has 0 saturated heterocycles. The average Bonchev–Trinajstić information content (AvgIpc) is 2.94. The number of methoxy groups -OCH3 is 2. The summed E-state index contributed by atoms with van der Waals surface area (Å²) in [7, 11) is -1.16. The highest BCUT2D eigenvalue weighted by Crippen LogP contribution is 2.31. The lowest BCUT2D eigenvalue weighted by atomic mass is 10.1. The number of aryl methyl sites for hydroxylation is 1. The summed E-state index contributed by atoms with van der Waals surface area (Å²) in [6.45, 7) is 6.75. The molecule has 3 aromatic rings. The van der Waals surface area contributed by atoms with E-state index in [1.54, 1.807) is 68.6 Å². The predicted octanol–water partition coefficient (Wildman–Crippen LogP) is 4.91. The maximum absolute atomic E-state index is 14.0. The van der Waals surface area contributed by atoms with Gasteiger partial charge in [0.2, 0.25) is 11.8 Å². The molecule has 9 nitrogen and oxygen atoms in total. The van der Waals surface area contributed by atoms with Crippen molar-refractivity contribution in [1.82, 2.24) is 10.2 Å². The van der Waals surface area contributed by atoms with Crippen LogP contribution in [0.2, 0.25) is 0 Å². The van der Waals surface area contributed by atoms with Gasteiger partial charge in [0.15, 0.2) is 0 Å². The molecule has 0 saturated carbocycles. The fourth-order valence-electron chi connectivity index (χ4n) is 4.09. The number of benzene rings is 3.